The number of methoxy groups -OCH3 is 2. The molecule has 0 radical (unpaired) electrons. The third-order valence-corrected chi connectivity index (χ3v) is 8.08. The second-order valence-electron chi connectivity index (χ2n) is 9.22. The first-order chi connectivity index (χ1) is 18.6. The van der Waals surface area contributed by atoms with Gasteiger partial charge in [0.15, 0.2) is 4.80 Å². The summed E-state index contributed by atoms with van der Waals surface area (Å²) in [6.45, 7) is 2.57. The van der Waals surface area contributed by atoms with Crippen LogP contribution in [0.15, 0.2) is 82.1 Å². The van der Waals surface area contributed by atoms with Gasteiger partial charge in [-0.2, -0.15) is 0 Å². The van der Waals surface area contributed by atoms with Crippen LogP contribution in [0.3, 0.4) is 0 Å². The number of thiazole rings is 1. The Morgan fingerprint density at radius 1 is 1.00 bits per heavy atom. The Morgan fingerprint density at radius 2 is 1.79 bits per heavy atom. The largest absolute Gasteiger partial charge is 0.497 e. The average molecular weight is 525 g/mol. The van der Waals surface area contributed by atoms with E-state index in [-0.39, 0.29) is 11.6 Å². The molecular formula is C31H28N2O4S. The lowest BCUT2D eigenvalue weighted by molar-refractivity contribution is 0.340. The zero-order valence-corrected chi connectivity index (χ0v) is 22.4. The Hall–Kier alpha value is -4.10. The fourth-order valence-corrected chi connectivity index (χ4v) is 6.33. The van der Waals surface area contributed by atoms with Crippen molar-refractivity contribution >= 4 is 23.1 Å². The number of hydrogen-bond acceptors (Lipinski definition) is 6. The second-order valence-corrected chi connectivity index (χ2v) is 10.2. The van der Waals surface area contributed by atoms with Gasteiger partial charge in [-0.3, -0.25) is 9.36 Å². The Labute approximate surface area is 224 Å². The zero-order chi connectivity index (χ0) is 26.2. The van der Waals surface area contributed by atoms with Crippen molar-refractivity contribution in [1.82, 2.24) is 4.57 Å². The van der Waals surface area contributed by atoms with Gasteiger partial charge in [-0.1, -0.05) is 47.7 Å². The van der Waals surface area contributed by atoms with E-state index in [1.165, 1.54) is 16.9 Å². The highest BCUT2D eigenvalue weighted by Crippen LogP contribution is 2.44. The minimum atomic E-state index is -0.345. The van der Waals surface area contributed by atoms with E-state index in [9.17, 15) is 4.79 Å². The minimum absolute atomic E-state index is 0.0667. The normalized spacial score (nSPS) is 16.3. The molecule has 1 unspecified atom stereocenters. The van der Waals surface area contributed by atoms with Gasteiger partial charge in [0.25, 0.3) is 5.56 Å². The van der Waals surface area contributed by atoms with Crippen molar-refractivity contribution in [3.63, 3.8) is 0 Å². The number of nitrogens with zero attached hydrogens (tertiary/aromatic N) is 2. The van der Waals surface area contributed by atoms with Crippen LogP contribution >= 0.6 is 11.3 Å². The summed E-state index contributed by atoms with van der Waals surface area (Å²) in [5, 5.41) is 0. The van der Waals surface area contributed by atoms with Crippen molar-refractivity contribution in [1.29, 1.82) is 0 Å². The molecule has 38 heavy (non-hydrogen) atoms. The van der Waals surface area contributed by atoms with Gasteiger partial charge in [0, 0.05) is 11.1 Å². The van der Waals surface area contributed by atoms with E-state index in [1.807, 2.05) is 66.1 Å². The first kappa shape index (κ1) is 24.2. The Morgan fingerprint density at radius 3 is 2.55 bits per heavy atom. The number of aromatic nitrogens is 1. The molecule has 0 fully saturated rings. The number of ether oxygens (including phenoxy) is 3. The maximum Gasteiger partial charge on any atom is 0.271 e. The number of fused-ring (bicyclic) bond motifs is 3. The minimum Gasteiger partial charge on any atom is -0.497 e. The molecular weight excluding hydrogens is 496 g/mol. The molecule has 0 saturated heterocycles. The van der Waals surface area contributed by atoms with E-state index in [2.05, 4.69) is 18.2 Å². The zero-order valence-electron chi connectivity index (χ0n) is 21.6. The van der Waals surface area contributed by atoms with Gasteiger partial charge in [-0.15, -0.1) is 0 Å². The van der Waals surface area contributed by atoms with Gasteiger partial charge in [0.1, 0.15) is 17.2 Å². The summed E-state index contributed by atoms with van der Waals surface area (Å²) < 4.78 is 19.4. The highest BCUT2D eigenvalue weighted by molar-refractivity contribution is 7.07. The molecule has 6 rings (SSSR count). The SMILES string of the molecule is CCOc1ccc(C=c2sc3n(c2=O)C(c2cc(OC)ccc2OC)C2=C(N=3)c3ccccc3CC2)cc1. The topological polar surface area (TPSA) is 62.0 Å². The smallest absolute Gasteiger partial charge is 0.271 e. The van der Waals surface area contributed by atoms with E-state index >= 15 is 0 Å². The van der Waals surface area contributed by atoms with E-state index in [0.717, 1.165) is 46.6 Å². The van der Waals surface area contributed by atoms with Crippen molar-refractivity contribution in [3.05, 3.63) is 114 Å². The summed E-state index contributed by atoms with van der Waals surface area (Å²) in [5.41, 5.74) is 6.24. The molecule has 1 atom stereocenters. The van der Waals surface area contributed by atoms with Gasteiger partial charge in [-0.05, 0) is 72.9 Å². The first-order valence-corrected chi connectivity index (χ1v) is 13.5. The van der Waals surface area contributed by atoms with Crippen molar-refractivity contribution in [2.24, 2.45) is 4.99 Å². The summed E-state index contributed by atoms with van der Waals surface area (Å²) in [6, 6.07) is 21.6. The predicted octanol–water partition coefficient (Wildman–Crippen LogP) is 4.73. The molecule has 0 N–H and O–H groups in total. The van der Waals surface area contributed by atoms with Crippen LogP contribution in [-0.4, -0.2) is 25.4 Å². The third-order valence-electron chi connectivity index (χ3n) is 7.09. The third kappa shape index (κ3) is 4.13. The molecule has 6 nitrogen and oxygen atoms in total. The summed E-state index contributed by atoms with van der Waals surface area (Å²) >= 11 is 1.41. The molecule has 2 aliphatic rings. The maximum absolute atomic E-state index is 14.0. The Bertz CT molecular complexity index is 1730. The van der Waals surface area contributed by atoms with Crippen molar-refractivity contribution in [3.8, 4) is 17.2 Å². The molecule has 0 bridgehead atoms. The molecule has 1 aliphatic heterocycles. The van der Waals surface area contributed by atoms with Gasteiger partial charge in [-0.25, -0.2) is 4.99 Å². The number of hydrogen-bond donors (Lipinski definition) is 0. The molecule has 0 saturated carbocycles. The lowest BCUT2D eigenvalue weighted by Gasteiger charge is -2.31. The highest BCUT2D eigenvalue weighted by atomic mass is 32.1. The fourth-order valence-electron chi connectivity index (χ4n) is 5.33. The highest BCUT2D eigenvalue weighted by Gasteiger charge is 2.34. The lowest BCUT2D eigenvalue weighted by Crippen LogP contribution is -2.39. The number of allylic oxidation sites excluding steroid dienone is 1. The number of benzene rings is 3. The standard InChI is InChI=1S/C31H28N2O4S/c1-4-37-21-12-9-19(10-13-21)17-27-30(34)33-29(25-18-22(35-2)14-16-26(25)36-3)24-15-11-20-7-5-6-8-23(20)28(24)32-31(33)38-27/h5-10,12-14,16-18,29H,4,11,15H2,1-3H3. The van der Waals surface area contributed by atoms with Crippen molar-refractivity contribution in [2.75, 3.05) is 20.8 Å². The Balaban J connectivity index is 1.59. The first-order valence-electron chi connectivity index (χ1n) is 12.7. The van der Waals surface area contributed by atoms with Crippen LogP contribution in [0.2, 0.25) is 0 Å². The fraction of sp³-hybridized carbons (Fsp3) is 0.226. The molecule has 4 aromatic rings. The maximum atomic E-state index is 14.0. The van der Waals surface area contributed by atoms with E-state index in [1.54, 1.807) is 14.2 Å². The van der Waals surface area contributed by atoms with Gasteiger partial charge in [0.05, 0.1) is 37.1 Å². The lowest BCUT2D eigenvalue weighted by atomic mass is 9.83. The van der Waals surface area contributed by atoms with Crippen LogP contribution in [0.5, 0.6) is 17.2 Å². The summed E-state index contributed by atoms with van der Waals surface area (Å²) in [4.78, 5) is 19.8. The van der Waals surface area contributed by atoms with Gasteiger partial charge in [0.2, 0.25) is 0 Å². The summed E-state index contributed by atoms with van der Waals surface area (Å²) in [5.74, 6) is 2.24. The van der Waals surface area contributed by atoms with Crippen LogP contribution < -0.4 is 29.1 Å². The van der Waals surface area contributed by atoms with Crippen molar-refractivity contribution < 1.29 is 14.2 Å². The molecule has 0 amide bonds. The summed E-state index contributed by atoms with van der Waals surface area (Å²) in [6.07, 6.45) is 3.63. The van der Waals surface area contributed by atoms with Gasteiger partial charge < -0.3 is 14.2 Å². The quantitative estimate of drug-likeness (QED) is 0.366. The summed E-state index contributed by atoms with van der Waals surface area (Å²) in [7, 11) is 3.31. The number of rotatable bonds is 6. The molecule has 2 heterocycles. The average Bonchev–Trinajstić information content (AvgIpc) is 3.26. The molecule has 1 aliphatic carbocycles. The molecule has 3 aromatic carbocycles. The van der Waals surface area contributed by atoms with E-state index in [0.29, 0.717) is 27.4 Å². The van der Waals surface area contributed by atoms with Crippen molar-refractivity contribution in [2.45, 2.75) is 25.8 Å². The van der Waals surface area contributed by atoms with E-state index < -0.39 is 0 Å². The molecule has 192 valence electrons. The van der Waals surface area contributed by atoms with Crippen LogP contribution in [-0.2, 0) is 6.42 Å². The second kappa shape index (κ2) is 9.99. The Kier molecular flexibility index (Phi) is 6.37. The van der Waals surface area contributed by atoms with E-state index in [4.69, 9.17) is 19.2 Å². The van der Waals surface area contributed by atoms with Crippen LogP contribution in [0.25, 0.3) is 11.8 Å². The van der Waals surface area contributed by atoms with Crippen LogP contribution in [0.4, 0.5) is 0 Å². The molecule has 1 aromatic heterocycles. The van der Waals surface area contributed by atoms with Crippen LogP contribution in [0.1, 0.15) is 41.6 Å². The van der Waals surface area contributed by atoms with Crippen LogP contribution in [0, 0.1) is 0 Å². The van der Waals surface area contributed by atoms with Gasteiger partial charge >= 0.3 is 0 Å². The predicted molar refractivity (Wildman–Crippen MR) is 150 cm³/mol. The number of aryl methyl sites for hydroxylation is 1. The monoisotopic (exact) mass is 524 g/mol. The molecule has 7 heteroatoms. The molecule has 0 spiro atoms.